The highest BCUT2D eigenvalue weighted by Gasteiger charge is 2.13. The lowest BCUT2D eigenvalue weighted by Crippen LogP contribution is -2.10. The molecule has 1 rings (SSSR count). The van der Waals surface area contributed by atoms with Crippen molar-refractivity contribution in [3.63, 3.8) is 0 Å². The van der Waals surface area contributed by atoms with Gasteiger partial charge in [0.1, 0.15) is 18.2 Å². The lowest BCUT2D eigenvalue weighted by Gasteiger charge is -2.07. The van der Waals surface area contributed by atoms with Crippen molar-refractivity contribution in [3.05, 3.63) is 11.3 Å². The van der Waals surface area contributed by atoms with E-state index in [1.54, 1.807) is 25.8 Å². The first-order valence-corrected chi connectivity index (χ1v) is 5.84. The zero-order valence-corrected chi connectivity index (χ0v) is 11.1. The second-order valence-electron chi connectivity index (χ2n) is 3.81. The van der Waals surface area contributed by atoms with E-state index >= 15 is 0 Å². The Morgan fingerprint density at radius 2 is 2.06 bits per heavy atom. The third kappa shape index (κ3) is 4.02. The predicted molar refractivity (Wildman–Crippen MR) is 65.5 cm³/mol. The van der Waals surface area contributed by atoms with Gasteiger partial charge in [-0.05, 0) is 13.3 Å². The molecule has 0 saturated carbocycles. The Morgan fingerprint density at radius 3 is 2.72 bits per heavy atom. The minimum Gasteiger partial charge on any atom is -0.474 e. The summed E-state index contributed by atoms with van der Waals surface area (Å²) in [6.07, 6.45) is 0.866. The van der Waals surface area contributed by atoms with Gasteiger partial charge in [0.2, 0.25) is 5.88 Å². The van der Waals surface area contributed by atoms with Gasteiger partial charge in [0.15, 0.2) is 0 Å². The fraction of sp³-hybridized carbons (Fsp3) is 0.667. The van der Waals surface area contributed by atoms with Gasteiger partial charge >= 0.3 is 0 Å². The van der Waals surface area contributed by atoms with E-state index in [4.69, 9.17) is 19.5 Å². The smallest absolute Gasteiger partial charge is 0.230 e. The Kier molecular flexibility index (Phi) is 6.19. The van der Waals surface area contributed by atoms with Crippen LogP contribution >= 0.6 is 0 Å². The molecule has 0 fully saturated rings. The maximum atomic E-state index is 8.98. The Morgan fingerprint density at radius 1 is 1.28 bits per heavy atom. The van der Waals surface area contributed by atoms with E-state index in [2.05, 4.69) is 11.2 Å². The highest BCUT2D eigenvalue weighted by molar-refractivity contribution is 5.41. The molecule has 0 aliphatic carbocycles. The van der Waals surface area contributed by atoms with Gasteiger partial charge < -0.3 is 14.2 Å². The van der Waals surface area contributed by atoms with Crippen LogP contribution in [0.2, 0.25) is 0 Å². The molecule has 0 radical (unpaired) electrons. The average molecular weight is 253 g/mol. The van der Waals surface area contributed by atoms with Gasteiger partial charge in [0.05, 0.1) is 12.3 Å². The Hall–Kier alpha value is -1.58. The number of aromatic nitrogens is 2. The van der Waals surface area contributed by atoms with Crippen LogP contribution in [-0.2, 0) is 16.5 Å². The maximum Gasteiger partial charge on any atom is 0.230 e. The number of hydrogen-bond donors (Lipinski definition) is 0. The summed E-state index contributed by atoms with van der Waals surface area (Å²) in [5, 5.41) is 13.1. The van der Waals surface area contributed by atoms with Crippen LogP contribution in [0.15, 0.2) is 0 Å². The molecule has 0 aliphatic rings. The average Bonchev–Trinajstić information content (AvgIpc) is 2.62. The summed E-state index contributed by atoms with van der Waals surface area (Å²) in [6.45, 7) is 4.01. The molecule has 1 aromatic heterocycles. The normalized spacial score (nSPS) is 10.3. The number of aryl methyl sites for hydroxylation is 2. The lowest BCUT2D eigenvalue weighted by molar-refractivity contribution is 0.0784. The van der Waals surface area contributed by atoms with E-state index in [0.29, 0.717) is 43.6 Å². The molecule has 1 heterocycles. The largest absolute Gasteiger partial charge is 0.474 e. The zero-order chi connectivity index (χ0) is 13.4. The molecule has 0 spiro atoms. The van der Waals surface area contributed by atoms with Crippen molar-refractivity contribution in [2.24, 2.45) is 7.05 Å². The summed E-state index contributed by atoms with van der Waals surface area (Å²) in [7, 11) is 3.42. The molecule has 0 unspecified atom stereocenters. The molecule has 0 bridgehead atoms. The van der Waals surface area contributed by atoms with Crippen molar-refractivity contribution < 1.29 is 14.2 Å². The highest BCUT2D eigenvalue weighted by Crippen LogP contribution is 2.19. The standard InChI is InChI=1S/C12H19N3O3/c1-10-11(9-13)12(15(2)14-10)18-8-7-17-6-4-5-16-3/h4-8H2,1-3H3. The second-order valence-corrected chi connectivity index (χ2v) is 3.81. The number of hydrogen-bond acceptors (Lipinski definition) is 5. The third-order valence-electron chi connectivity index (χ3n) is 2.38. The van der Waals surface area contributed by atoms with E-state index in [0.717, 1.165) is 6.42 Å². The maximum absolute atomic E-state index is 8.98. The molecule has 6 nitrogen and oxygen atoms in total. The van der Waals surface area contributed by atoms with Gasteiger partial charge in [-0.3, -0.25) is 0 Å². The SMILES string of the molecule is COCCCOCCOc1c(C#N)c(C)nn1C. The molecular formula is C12H19N3O3. The van der Waals surface area contributed by atoms with Gasteiger partial charge in [-0.15, -0.1) is 0 Å². The molecule has 1 aromatic rings. The van der Waals surface area contributed by atoms with Crippen molar-refractivity contribution >= 4 is 0 Å². The van der Waals surface area contributed by atoms with Crippen LogP contribution in [0.4, 0.5) is 0 Å². The van der Waals surface area contributed by atoms with Crippen LogP contribution in [0.5, 0.6) is 5.88 Å². The Labute approximate surface area is 107 Å². The highest BCUT2D eigenvalue weighted by atomic mass is 16.5. The minimum atomic E-state index is 0.403. The van der Waals surface area contributed by atoms with E-state index in [1.165, 1.54) is 0 Å². The van der Waals surface area contributed by atoms with Crippen molar-refractivity contribution in [2.75, 3.05) is 33.5 Å². The quantitative estimate of drug-likeness (QED) is 0.647. The Balaban J connectivity index is 2.30. The third-order valence-corrected chi connectivity index (χ3v) is 2.38. The van der Waals surface area contributed by atoms with Crippen LogP contribution in [-0.4, -0.2) is 43.3 Å². The molecular weight excluding hydrogens is 234 g/mol. The first-order valence-electron chi connectivity index (χ1n) is 5.84. The number of nitriles is 1. The first kappa shape index (κ1) is 14.5. The second kappa shape index (κ2) is 7.69. The minimum absolute atomic E-state index is 0.403. The van der Waals surface area contributed by atoms with Gasteiger partial charge in [0, 0.05) is 27.4 Å². The molecule has 100 valence electrons. The van der Waals surface area contributed by atoms with E-state index < -0.39 is 0 Å². The van der Waals surface area contributed by atoms with Crippen molar-refractivity contribution in [1.29, 1.82) is 5.26 Å². The van der Waals surface area contributed by atoms with E-state index in [1.807, 2.05) is 0 Å². The monoisotopic (exact) mass is 253 g/mol. The summed E-state index contributed by atoms with van der Waals surface area (Å²) in [5.41, 5.74) is 1.16. The van der Waals surface area contributed by atoms with Crippen molar-refractivity contribution in [3.8, 4) is 11.9 Å². The predicted octanol–water partition coefficient (Wildman–Crippen LogP) is 1.03. The summed E-state index contributed by atoms with van der Waals surface area (Å²) in [6, 6.07) is 2.09. The molecule has 0 amide bonds. The van der Waals surface area contributed by atoms with Gasteiger partial charge in [0.25, 0.3) is 0 Å². The molecule has 6 heteroatoms. The molecule has 0 N–H and O–H groups in total. The van der Waals surface area contributed by atoms with Gasteiger partial charge in [-0.25, -0.2) is 4.68 Å². The lowest BCUT2D eigenvalue weighted by atomic mass is 10.3. The van der Waals surface area contributed by atoms with Gasteiger partial charge in [-0.1, -0.05) is 0 Å². The molecule has 0 aromatic carbocycles. The first-order chi connectivity index (χ1) is 8.70. The van der Waals surface area contributed by atoms with Crippen molar-refractivity contribution in [1.82, 2.24) is 9.78 Å². The van der Waals surface area contributed by atoms with Crippen LogP contribution in [0, 0.1) is 18.3 Å². The molecule has 18 heavy (non-hydrogen) atoms. The number of methoxy groups -OCH3 is 1. The number of ether oxygens (including phenoxy) is 3. The van der Waals surface area contributed by atoms with Crippen LogP contribution in [0.3, 0.4) is 0 Å². The summed E-state index contributed by atoms with van der Waals surface area (Å²) in [5.74, 6) is 0.496. The number of nitrogens with zero attached hydrogens (tertiary/aromatic N) is 3. The van der Waals surface area contributed by atoms with Gasteiger partial charge in [-0.2, -0.15) is 10.4 Å². The summed E-state index contributed by atoms with van der Waals surface area (Å²) >= 11 is 0. The number of rotatable bonds is 8. The fourth-order valence-electron chi connectivity index (χ4n) is 1.54. The molecule has 0 saturated heterocycles. The molecule has 0 atom stereocenters. The zero-order valence-electron chi connectivity index (χ0n) is 11.1. The summed E-state index contributed by atoms with van der Waals surface area (Å²) in [4.78, 5) is 0. The topological polar surface area (TPSA) is 69.3 Å². The fourth-order valence-corrected chi connectivity index (χ4v) is 1.54. The Bertz CT molecular complexity index is 409. The van der Waals surface area contributed by atoms with Crippen LogP contribution in [0.1, 0.15) is 17.7 Å². The van der Waals surface area contributed by atoms with E-state index in [9.17, 15) is 0 Å². The van der Waals surface area contributed by atoms with Crippen molar-refractivity contribution in [2.45, 2.75) is 13.3 Å². The summed E-state index contributed by atoms with van der Waals surface area (Å²) < 4.78 is 17.3. The van der Waals surface area contributed by atoms with Crippen LogP contribution < -0.4 is 4.74 Å². The van der Waals surface area contributed by atoms with E-state index in [-0.39, 0.29) is 0 Å². The molecule has 0 aliphatic heterocycles. The van der Waals surface area contributed by atoms with Crippen LogP contribution in [0.25, 0.3) is 0 Å².